The summed E-state index contributed by atoms with van der Waals surface area (Å²) in [5, 5.41) is 10.3. The molecule has 30 heavy (non-hydrogen) atoms. The number of hydrogen-bond donors (Lipinski definition) is 2. The highest BCUT2D eigenvalue weighted by molar-refractivity contribution is 5.91. The van der Waals surface area contributed by atoms with E-state index in [4.69, 9.17) is 14.2 Å². The van der Waals surface area contributed by atoms with Crippen LogP contribution in [0, 0.1) is 0 Å². The van der Waals surface area contributed by atoms with Gasteiger partial charge in [0.15, 0.2) is 23.1 Å². The number of nitrogens with zero attached hydrogens (tertiary/aromatic N) is 3. The number of benzene rings is 2. The van der Waals surface area contributed by atoms with Crippen LogP contribution in [0.3, 0.4) is 0 Å². The van der Waals surface area contributed by atoms with E-state index in [-0.39, 0.29) is 0 Å². The molecule has 0 fully saturated rings. The average Bonchev–Trinajstić information content (AvgIpc) is 3.27. The highest BCUT2D eigenvalue weighted by Gasteiger charge is 2.14. The number of methoxy groups -OCH3 is 3. The lowest BCUT2D eigenvalue weighted by Gasteiger charge is -2.12. The number of anilines is 2. The molecule has 0 aliphatic carbocycles. The van der Waals surface area contributed by atoms with Gasteiger partial charge in [0.2, 0.25) is 0 Å². The zero-order valence-corrected chi connectivity index (χ0v) is 16.6. The summed E-state index contributed by atoms with van der Waals surface area (Å²) < 4.78 is 15.4. The van der Waals surface area contributed by atoms with Crippen LogP contribution < -0.4 is 14.8 Å². The van der Waals surface area contributed by atoms with E-state index in [0.29, 0.717) is 39.7 Å². The fourth-order valence-electron chi connectivity index (χ4n) is 2.98. The van der Waals surface area contributed by atoms with Gasteiger partial charge in [0.05, 0.1) is 33.1 Å². The van der Waals surface area contributed by atoms with Crippen LogP contribution in [0.4, 0.5) is 11.5 Å². The first-order valence-electron chi connectivity index (χ1n) is 9.02. The van der Waals surface area contributed by atoms with Gasteiger partial charge in [0.25, 0.3) is 0 Å². The molecule has 0 atom stereocenters. The average molecular weight is 405 g/mol. The predicted molar refractivity (Wildman–Crippen MR) is 111 cm³/mol. The van der Waals surface area contributed by atoms with Gasteiger partial charge in [0.1, 0.15) is 11.0 Å². The second-order valence-electron chi connectivity index (χ2n) is 6.29. The zero-order chi connectivity index (χ0) is 21.1. The van der Waals surface area contributed by atoms with Crippen molar-refractivity contribution in [2.45, 2.75) is 0 Å². The molecule has 0 unspecified atom stereocenters. The van der Waals surface area contributed by atoms with Gasteiger partial charge in [-0.05, 0) is 24.3 Å². The fraction of sp³-hybridized carbons (Fsp3) is 0.143. The molecule has 0 spiro atoms. The molecule has 0 aliphatic rings. The minimum Gasteiger partial charge on any atom is -0.493 e. The Kier molecular flexibility index (Phi) is 5.17. The van der Waals surface area contributed by atoms with E-state index in [1.165, 1.54) is 7.11 Å². The third kappa shape index (κ3) is 3.60. The number of fused-ring (bicyclic) bond motifs is 1. The standard InChI is InChI=1S/C21H19N5O4/c1-28-16-9-8-14(10-17(16)29-2)23-20-18-15(11-22-26-18)24-19(25-20)12-4-6-13(7-5-12)21(27)30-3/h4-11H,1-3H3,(H,22,26)(H,23,24,25). The van der Waals surface area contributed by atoms with Crippen molar-refractivity contribution < 1.29 is 19.0 Å². The summed E-state index contributed by atoms with van der Waals surface area (Å²) >= 11 is 0. The number of ether oxygens (including phenoxy) is 3. The first-order valence-corrected chi connectivity index (χ1v) is 9.02. The first kappa shape index (κ1) is 19.2. The molecular formula is C21H19N5O4. The number of aromatic nitrogens is 4. The number of carbonyl (C=O) groups excluding carboxylic acids is 1. The molecule has 2 heterocycles. The van der Waals surface area contributed by atoms with Gasteiger partial charge in [-0.25, -0.2) is 14.8 Å². The highest BCUT2D eigenvalue weighted by Crippen LogP contribution is 2.32. The molecular weight excluding hydrogens is 386 g/mol. The molecule has 152 valence electrons. The Bertz CT molecular complexity index is 1200. The van der Waals surface area contributed by atoms with Gasteiger partial charge in [-0.15, -0.1) is 0 Å². The molecule has 0 saturated carbocycles. The number of carbonyl (C=O) groups is 1. The molecule has 2 aromatic heterocycles. The number of esters is 1. The van der Waals surface area contributed by atoms with Crippen molar-refractivity contribution in [2.24, 2.45) is 0 Å². The van der Waals surface area contributed by atoms with Crippen LogP contribution in [0.1, 0.15) is 10.4 Å². The Morgan fingerprint density at radius 3 is 2.43 bits per heavy atom. The van der Waals surface area contributed by atoms with Crippen molar-refractivity contribution in [3.8, 4) is 22.9 Å². The van der Waals surface area contributed by atoms with E-state index in [1.807, 2.05) is 12.1 Å². The molecule has 2 N–H and O–H groups in total. The van der Waals surface area contributed by atoms with Crippen LogP contribution >= 0.6 is 0 Å². The van der Waals surface area contributed by atoms with Gasteiger partial charge in [-0.1, -0.05) is 12.1 Å². The molecule has 0 saturated heterocycles. The van der Waals surface area contributed by atoms with E-state index in [2.05, 4.69) is 25.5 Å². The lowest BCUT2D eigenvalue weighted by Crippen LogP contribution is -2.02. The minimum absolute atomic E-state index is 0.399. The van der Waals surface area contributed by atoms with Crippen LogP contribution in [0.25, 0.3) is 22.4 Å². The second kappa shape index (κ2) is 8.08. The number of rotatable bonds is 6. The van der Waals surface area contributed by atoms with Crippen LogP contribution in [0.15, 0.2) is 48.7 Å². The number of hydrogen-bond acceptors (Lipinski definition) is 8. The maximum absolute atomic E-state index is 11.7. The van der Waals surface area contributed by atoms with Crippen LogP contribution in [-0.4, -0.2) is 47.5 Å². The summed E-state index contributed by atoms with van der Waals surface area (Å²) in [5.41, 5.74) is 3.28. The van der Waals surface area contributed by atoms with Crippen molar-refractivity contribution in [3.05, 3.63) is 54.2 Å². The maximum Gasteiger partial charge on any atom is 0.337 e. The quantitative estimate of drug-likeness (QED) is 0.468. The first-order chi connectivity index (χ1) is 14.6. The number of H-pyrrole nitrogens is 1. The van der Waals surface area contributed by atoms with Crippen LogP contribution in [0.5, 0.6) is 11.5 Å². The molecule has 0 bridgehead atoms. The third-order valence-corrected chi connectivity index (χ3v) is 4.51. The van der Waals surface area contributed by atoms with Crippen molar-refractivity contribution in [3.63, 3.8) is 0 Å². The van der Waals surface area contributed by atoms with E-state index in [0.717, 1.165) is 11.3 Å². The normalized spacial score (nSPS) is 10.6. The lowest BCUT2D eigenvalue weighted by molar-refractivity contribution is 0.0600. The van der Waals surface area contributed by atoms with Crippen molar-refractivity contribution in [1.29, 1.82) is 0 Å². The summed E-state index contributed by atoms with van der Waals surface area (Å²) in [6, 6.07) is 12.4. The molecule has 9 heteroatoms. The smallest absolute Gasteiger partial charge is 0.337 e. The molecule has 2 aromatic carbocycles. The Morgan fingerprint density at radius 1 is 0.967 bits per heavy atom. The number of aromatic amines is 1. The maximum atomic E-state index is 11.7. The summed E-state index contributed by atoms with van der Waals surface area (Å²) in [7, 11) is 4.51. The zero-order valence-electron chi connectivity index (χ0n) is 16.6. The number of nitrogens with one attached hydrogen (secondary N) is 2. The van der Waals surface area contributed by atoms with E-state index in [9.17, 15) is 4.79 Å². The summed E-state index contributed by atoms with van der Waals surface area (Å²) in [6.45, 7) is 0. The van der Waals surface area contributed by atoms with Crippen molar-refractivity contribution >= 4 is 28.5 Å². The summed E-state index contributed by atoms with van der Waals surface area (Å²) in [5.74, 6) is 1.86. The predicted octanol–water partition coefficient (Wildman–Crippen LogP) is 3.57. The monoisotopic (exact) mass is 405 g/mol. The summed E-state index contributed by atoms with van der Waals surface area (Å²) in [6.07, 6.45) is 1.63. The SMILES string of the molecule is COC(=O)c1ccc(-c2nc(Nc3ccc(OC)c(OC)c3)c3[nH]ncc3n2)cc1. The van der Waals surface area contributed by atoms with Crippen molar-refractivity contribution in [1.82, 2.24) is 20.2 Å². The highest BCUT2D eigenvalue weighted by atomic mass is 16.5. The largest absolute Gasteiger partial charge is 0.493 e. The van der Waals surface area contributed by atoms with Crippen LogP contribution in [0.2, 0.25) is 0 Å². The molecule has 0 radical (unpaired) electrons. The van der Waals surface area contributed by atoms with Gasteiger partial charge < -0.3 is 19.5 Å². The lowest BCUT2D eigenvalue weighted by atomic mass is 10.1. The Balaban J connectivity index is 1.72. The Hall–Kier alpha value is -4.14. The molecule has 0 aliphatic heterocycles. The van der Waals surface area contributed by atoms with Gasteiger partial charge in [-0.2, -0.15) is 5.10 Å². The molecule has 0 amide bonds. The topological polar surface area (TPSA) is 111 Å². The van der Waals surface area contributed by atoms with E-state index < -0.39 is 5.97 Å². The van der Waals surface area contributed by atoms with Crippen LogP contribution in [-0.2, 0) is 4.74 Å². The molecule has 9 nitrogen and oxygen atoms in total. The Labute approximate surface area is 172 Å². The van der Waals surface area contributed by atoms with Gasteiger partial charge in [0, 0.05) is 17.3 Å². The van der Waals surface area contributed by atoms with E-state index in [1.54, 1.807) is 50.7 Å². The summed E-state index contributed by atoms with van der Waals surface area (Å²) in [4.78, 5) is 20.9. The minimum atomic E-state index is -0.399. The second-order valence-corrected chi connectivity index (χ2v) is 6.29. The van der Waals surface area contributed by atoms with Gasteiger partial charge in [-0.3, -0.25) is 5.10 Å². The van der Waals surface area contributed by atoms with Gasteiger partial charge >= 0.3 is 5.97 Å². The van der Waals surface area contributed by atoms with E-state index >= 15 is 0 Å². The Morgan fingerprint density at radius 2 is 1.73 bits per heavy atom. The third-order valence-electron chi connectivity index (χ3n) is 4.51. The molecule has 4 rings (SSSR count). The fourth-order valence-corrected chi connectivity index (χ4v) is 2.98. The van der Waals surface area contributed by atoms with Crippen molar-refractivity contribution in [2.75, 3.05) is 26.6 Å². The molecule has 4 aromatic rings.